The van der Waals surface area contributed by atoms with Gasteiger partial charge < -0.3 is 20.0 Å². The lowest BCUT2D eigenvalue weighted by Gasteiger charge is -2.37. The van der Waals surface area contributed by atoms with Crippen LogP contribution in [0.15, 0.2) is 36.4 Å². The molecule has 2 aromatic rings. The van der Waals surface area contributed by atoms with Gasteiger partial charge in [0.15, 0.2) is 5.82 Å². The first-order valence-corrected chi connectivity index (χ1v) is 11.3. The lowest BCUT2D eigenvalue weighted by Crippen LogP contribution is -2.54. The van der Waals surface area contributed by atoms with Crippen LogP contribution in [0.2, 0.25) is 5.02 Å². The van der Waals surface area contributed by atoms with Crippen LogP contribution in [-0.4, -0.2) is 76.7 Å². The van der Waals surface area contributed by atoms with Gasteiger partial charge in [0, 0.05) is 43.8 Å². The Morgan fingerprint density at radius 3 is 2.28 bits per heavy atom. The van der Waals surface area contributed by atoms with Gasteiger partial charge in [-0.2, -0.15) is 0 Å². The van der Waals surface area contributed by atoms with E-state index in [2.05, 4.69) is 20.4 Å². The van der Waals surface area contributed by atoms with Crippen LogP contribution in [0.4, 0.5) is 10.6 Å². The number of carbonyl (C=O) groups excluding carboxylic acids is 2. The average molecular weight is 459 g/mol. The molecule has 1 saturated heterocycles. The maximum Gasteiger partial charge on any atom is 0.318 e. The largest absolute Gasteiger partial charge is 0.352 e. The molecule has 32 heavy (non-hydrogen) atoms. The molecule has 0 spiro atoms. The minimum absolute atomic E-state index is 0.0211. The van der Waals surface area contributed by atoms with Gasteiger partial charge >= 0.3 is 6.03 Å². The second-order valence-electron chi connectivity index (χ2n) is 8.45. The zero-order valence-electron chi connectivity index (χ0n) is 19.1. The van der Waals surface area contributed by atoms with Gasteiger partial charge in [0.25, 0.3) is 0 Å². The van der Waals surface area contributed by atoms with E-state index < -0.39 is 0 Å². The SMILES string of the molecule is CC(C)NC(=O)N(CC(=O)N1CCN(c2ccc(-c3ccccc3Cl)nn2)CC1)C(C)C. The molecule has 0 bridgehead atoms. The number of piperazine rings is 1. The third-order valence-electron chi connectivity index (χ3n) is 5.36. The Morgan fingerprint density at radius 2 is 1.72 bits per heavy atom. The molecule has 8 nitrogen and oxygen atoms in total. The van der Waals surface area contributed by atoms with Crippen molar-refractivity contribution in [3.05, 3.63) is 41.4 Å². The molecular weight excluding hydrogens is 428 g/mol. The Balaban J connectivity index is 1.57. The van der Waals surface area contributed by atoms with Crippen LogP contribution in [0.3, 0.4) is 0 Å². The molecule has 2 heterocycles. The molecule has 0 atom stereocenters. The predicted molar refractivity (Wildman–Crippen MR) is 127 cm³/mol. The highest BCUT2D eigenvalue weighted by Crippen LogP contribution is 2.26. The first-order valence-electron chi connectivity index (χ1n) is 10.9. The van der Waals surface area contributed by atoms with Crippen LogP contribution in [0.25, 0.3) is 11.3 Å². The maximum atomic E-state index is 12.8. The second-order valence-corrected chi connectivity index (χ2v) is 8.86. The van der Waals surface area contributed by atoms with E-state index in [1.54, 1.807) is 9.80 Å². The molecule has 1 aliphatic rings. The molecule has 3 amide bonds. The van der Waals surface area contributed by atoms with Crippen LogP contribution in [0, 0.1) is 0 Å². The number of hydrogen-bond donors (Lipinski definition) is 1. The monoisotopic (exact) mass is 458 g/mol. The summed E-state index contributed by atoms with van der Waals surface area (Å²) in [6.45, 7) is 10.2. The quantitative estimate of drug-likeness (QED) is 0.718. The van der Waals surface area contributed by atoms with Crippen LogP contribution in [-0.2, 0) is 4.79 Å². The Bertz CT molecular complexity index is 926. The number of nitrogens with one attached hydrogen (secondary N) is 1. The molecular formula is C23H31ClN6O2. The minimum atomic E-state index is -0.212. The van der Waals surface area contributed by atoms with Crippen molar-refractivity contribution in [3.63, 3.8) is 0 Å². The molecule has 0 aliphatic carbocycles. The van der Waals surface area contributed by atoms with Gasteiger partial charge in [-0.1, -0.05) is 29.8 Å². The average Bonchev–Trinajstić information content (AvgIpc) is 2.77. The molecule has 172 valence electrons. The standard InChI is InChI=1S/C23H31ClN6O2/c1-16(2)25-23(32)30(17(3)4)15-22(31)29-13-11-28(12-14-29)21-10-9-20(26-27-21)18-7-5-6-8-19(18)24/h5-10,16-17H,11-15H2,1-4H3,(H,25,32). The topological polar surface area (TPSA) is 81.7 Å². The smallest absolute Gasteiger partial charge is 0.318 e. The van der Waals surface area contributed by atoms with Crippen molar-refractivity contribution in [1.29, 1.82) is 0 Å². The summed E-state index contributed by atoms with van der Waals surface area (Å²) in [5.41, 5.74) is 1.57. The van der Waals surface area contributed by atoms with Crippen molar-refractivity contribution in [2.24, 2.45) is 0 Å². The van der Waals surface area contributed by atoms with Crippen molar-refractivity contribution >= 4 is 29.4 Å². The van der Waals surface area contributed by atoms with Gasteiger partial charge in [-0.15, -0.1) is 10.2 Å². The number of carbonyl (C=O) groups is 2. The fourth-order valence-electron chi connectivity index (χ4n) is 3.56. The van der Waals surface area contributed by atoms with Gasteiger partial charge in [0.1, 0.15) is 6.54 Å². The highest BCUT2D eigenvalue weighted by molar-refractivity contribution is 6.33. The van der Waals surface area contributed by atoms with Crippen molar-refractivity contribution in [2.75, 3.05) is 37.6 Å². The molecule has 9 heteroatoms. The summed E-state index contributed by atoms with van der Waals surface area (Å²) in [5, 5.41) is 12.2. The maximum absolute atomic E-state index is 12.8. The predicted octanol–water partition coefficient (Wildman–Crippen LogP) is 3.27. The third-order valence-corrected chi connectivity index (χ3v) is 5.69. The zero-order valence-corrected chi connectivity index (χ0v) is 19.8. The Labute approximate surface area is 194 Å². The number of amides is 3. The first-order chi connectivity index (χ1) is 15.3. The van der Waals surface area contributed by atoms with Gasteiger partial charge in [-0.3, -0.25) is 4.79 Å². The summed E-state index contributed by atoms with van der Waals surface area (Å²) < 4.78 is 0. The van der Waals surface area contributed by atoms with E-state index in [1.807, 2.05) is 64.1 Å². The molecule has 0 radical (unpaired) electrons. The first kappa shape index (κ1) is 23.8. The number of rotatable bonds is 6. The summed E-state index contributed by atoms with van der Waals surface area (Å²) in [6.07, 6.45) is 0. The summed E-state index contributed by atoms with van der Waals surface area (Å²) in [6, 6.07) is 11.1. The lowest BCUT2D eigenvalue weighted by molar-refractivity contribution is -0.132. The zero-order chi connectivity index (χ0) is 23.3. The van der Waals surface area contributed by atoms with E-state index >= 15 is 0 Å². The molecule has 1 aliphatic heterocycles. The normalized spacial score (nSPS) is 14.1. The molecule has 3 rings (SSSR count). The van der Waals surface area contributed by atoms with Crippen molar-refractivity contribution in [3.8, 4) is 11.3 Å². The Kier molecular flexibility index (Phi) is 7.90. The van der Waals surface area contributed by atoms with Gasteiger partial charge in [-0.05, 0) is 45.9 Å². The van der Waals surface area contributed by atoms with E-state index in [1.165, 1.54) is 0 Å². The van der Waals surface area contributed by atoms with Gasteiger partial charge in [-0.25, -0.2) is 4.79 Å². The van der Waals surface area contributed by atoms with E-state index in [4.69, 9.17) is 11.6 Å². The van der Waals surface area contributed by atoms with E-state index in [0.29, 0.717) is 31.2 Å². The van der Waals surface area contributed by atoms with Gasteiger partial charge in [0.05, 0.1) is 10.7 Å². The molecule has 1 fully saturated rings. The summed E-state index contributed by atoms with van der Waals surface area (Å²) in [4.78, 5) is 30.7. The number of halogens is 1. The lowest BCUT2D eigenvalue weighted by atomic mass is 10.1. The minimum Gasteiger partial charge on any atom is -0.352 e. The summed E-state index contributed by atoms with van der Waals surface area (Å²) in [7, 11) is 0. The highest BCUT2D eigenvalue weighted by Gasteiger charge is 2.26. The van der Waals surface area contributed by atoms with E-state index in [0.717, 1.165) is 17.1 Å². The molecule has 0 unspecified atom stereocenters. The van der Waals surface area contributed by atoms with Crippen LogP contribution in [0.5, 0.6) is 0 Å². The van der Waals surface area contributed by atoms with E-state index in [-0.39, 0.29) is 30.6 Å². The third kappa shape index (κ3) is 5.88. The van der Waals surface area contributed by atoms with E-state index in [9.17, 15) is 9.59 Å². The summed E-state index contributed by atoms with van der Waals surface area (Å²) >= 11 is 6.25. The molecule has 1 aromatic carbocycles. The molecule has 0 saturated carbocycles. The molecule has 1 aromatic heterocycles. The fraction of sp³-hybridized carbons (Fsp3) is 0.478. The van der Waals surface area contributed by atoms with Crippen molar-refractivity contribution in [2.45, 2.75) is 39.8 Å². The van der Waals surface area contributed by atoms with Crippen LogP contribution in [0.1, 0.15) is 27.7 Å². The molecule has 1 N–H and O–H groups in total. The second kappa shape index (κ2) is 10.6. The van der Waals surface area contributed by atoms with Crippen molar-refractivity contribution in [1.82, 2.24) is 25.3 Å². The Morgan fingerprint density at radius 1 is 1.03 bits per heavy atom. The number of nitrogens with zero attached hydrogens (tertiary/aromatic N) is 5. The van der Waals surface area contributed by atoms with Gasteiger partial charge in [0.2, 0.25) is 5.91 Å². The van der Waals surface area contributed by atoms with Crippen LogP contribution >= 0.6 is 11.6 Å². The number of aromatic nitrogens is 2. The fourth-order valence-corrected chi connectivity index (χ4v) is 3.79. The Hall–Kier alpha value is -2.87. The number of anilines is 1. The highest BCUT2D eigenvalue weighted by atomic mass is 35.5. The van der Waals surface area contributed by atoms with Crippen molar-refractivity contribution < 1.29 is 9.59 Å². The number of benzene rings is 1. The number of hydrogen-bond acceptors (Lipinski definition) is 5. The van der Waals surface area contributed by atoms with Crippen LogP contribution < -0.4 is 10.2 Å². The summed E-state index contributed by atoms with van der Waals surface area (Å²) in [5.74, 6) is 0.727. The number of urea groups is 1.